The fourth-order valence-electron chi connectivity index (χ4n) is 3.08. The van der Waals surface area contributed by atoms with Gasteiger partial charge < -0.3 is 19.5 Å². The smallest absolute Gasteiger partial charge is 0.489 e. The van der Waals surface area contributed by atoms with Gasteiger partial charge in [-0.1, -0.05) is 24.3 Å². The number of hydrogen-bond donors (Lipinski definition) is 1. The molecule has 3 rings (SSSR count). The standard InChI is InChI=1S/C19H19F4NO3/c1-12-11-26-18-16(6-3-7-17(18)24(12)10-14(25)9-20)13-4-2-5-15(8-13)27-19(21,22)23/h2-8,12,14,25H,9-11H2,1H3/t12?,14-/m1/s1. The summed E-state index contributed by atoms with van der Waals surface area (Å²) in [6, 6.07) is 10.8. The molecule has 0 amide bonds. The van der Waals surface area contributed by atoms with E-state index in [1.165, 1.54) is 18.2 Å². The Hall–Kier alpha value is -2.48. The van der Waals surface area contributed by atoms with Gasteiger partial charge in [-0.15, -0.1) is 13.2 Å². The predicted octanol–water partition coefficient (Wildman–Crippen LogP) is 4.17. The van der Waals surface area contributed by atoms with Crippen molar-refractivity contribution in [3.8, 4) is 22.6 Å². The molecule has 4 nitrogen and oxygen atoms in total. The van der Waals surface area contributed by atoms with E-state index in [0.29, 0.717) is 29.2 Å². The zero-order valence-electron chi connectivity index (χ0n) is 14.5. The van der Waals surface area contributed by atoms with E-state index in [2.05, 4.69) is 4.74 Å². The molecule has 0 radical (unpaired) electrons. The van der Waals surface area contributed by atoms with Crippen molar-refractivity contribution in [1.29, 1.82) is 0 Å². The number of β-amino-alcohol motifs (C(OH)–C–C–N with tert-alkyl or cyclic N) is 1. The first-order chi connectivity index (χ1) is 12.8. The van der Waals surface area contributed by atoms with E-state index in [-0.39, 0.29) is 18.3 Å². The van der Waals surface area contributed by atoms with Crippen LogP contribution in [0.1, 0.15) is 6.92 Å². The van der Waals surface area contributed by atoms with Gasteiger partial charge in [-0.3, -0.25) is 0 Å². The number of nitrogens with zero attached hydrogens (tertiary/aromatic N) is 1. The van der Waals surface area contributed by atoms with Crippen LogP contribution in [0.3, 0.4) is 0 Å². The summed E-state index contributed by atoms with van der Waals surface area (Å²) in [7, 11) is 0. The largest absolute Gasteiger partial charge is 0.573 e. The third kappa shape index (κ3) is 4.44. The first-order valence-corrected chi connectivity index (χ1v) is 8.41. The minimum Gasteiger partial charge on any atom is -0.489 e. The van der Waals surface area contributed by atoms with E-state index in [9.17, 15) is 22.7 Å². The van der Waals surface area contributed by atoms with E-state index in [4.69, 9.17) is 4.74 Å². The molecule has 27 heavy (non-hydrogen) atoms. The van der Waals surface area contributed by atoms with Crippen LogP contribution in [0.25, 0.3) is 11.1 Å². The molecular formula is C19H19F4NO3. The van der Waals surface area contributed by atoms with Crippen molar-refractivity contribution < 1.29 is 32.1 Å². The molecule has 2 aromatic carbocycles. The SMILES string of the molecule is CC1COc2c(-c3cccc(OC(F)(F)F)c3)cccc2N1C[C@H](O)CF. The van der Waals surface area contributed by atoms with Crippen molar-refractivity contribution in [1.82, 2.24) is 0 Å². The Bertz CT molecular complexity index is 797. The van der Waals surface area contributed by atoms with Crippen molar-refractivity contribution >= 4 is 5.69 Å². The number of aliphatic hydroxyl groups excluding tert-OH is 1. The maximum Gasteiger partial charge on any atom is 0.573 e. The molecule has 1 heterocycles. The first kappa shape index (κ1) is 19.3. The van der Waals surface area contributed by atoms with Crippen LogP contribution in [0, 0.1) is 0 Å². The van der Waals surface area contributed by atoms with Gasteiger partial charge in [0.2, 0.25) is 0 Å². The Morgan fingerprint density at radius 3 is 2.70 bits per heavy atom. The number of rotatable bonds is 5. The number of hydrogen-bond acceptors (Lipinski definition) is 4. The molecule has 1 unspecified atom stereocenters. The fraction of sp³-hybridized carbons (Fsp3) is 0.368. The summed E-state index contributed by atoms with van der Waals surface area (Å²) in [5.41, 5.74) is 1.74. The van der Waals surface area contributed by atoms with Gasteiger partial charge in [-0.25, -0.2) is 4.39 Å². The molecule has 0 aromatic heterocycles. The number of aliphatic hydroxyl groups is 1. The van der Waals surface area contributed by atoms with Crippen molar-refractivity contribution in [2.24, 2.45) is 0 Å². The topological polar surface area (TPSA) is 41.9 Å². The molecule has 1 aliphatic rings. The molecule has 0 spiro atoms. The Morgan fingerprint density at radius 1 is 1.26 bits per heavy atom. The highest BCUT2D eigenvalue weighted by Gasteiger charge is 2.32. The summed E-state index contributed by atoms with van der Waals surface area (Å²) in [6.45, 7) is 1.42. The lowest BCUT2D eigenvalue weighted by atomic mass is 10.0. The van der Waals surface area contributed by atoms with E-state index in [0.717, 1.165) is 0 Å². The van der Waals surface area contributed by atoms with Gasteiger partial charge in [0.1, 0.15) is 19.0 Å². The summed E-state index contributed by atoms with van der Waals surface area (Å²) in [6.07, 6.45) is -5.91. The van der Waals surface area contributed by atoms with Crippen molar-refractivity contribution in [2.75, 3.05) is 24.7 Å². The lowest BCUT2D eigenvalue weighted by Gasteiger charge is -2.38. The molecular weight excluding hydrogens is 366 g/mol. The number of anilines is 1. The Kier molecular flexibility index (Phi) is 5.46. The van der Waals surface area contributed by atoms with Gasteiger partial charge in [0.15, 0.2) is 5.75 Å². The average Bonchev–Trinajstić information content (AvgIpc) is 2.62. The summed E-state index contributed by atoms with van der Waals surface area (Å²) >= 11 is 0. The van der Waals surface area contributed by atoms with Crippen LogP contribution < -0.4 is 14.4 Å². The normalized spacial score (nSPS) is 17.9. The quantitative estimate of drug-likeness (QED) is 0.785. The molecule has 146 valence electrons. The zero-order chi connectivity index (χ0) is 19.6. The fourth-order valence-corrected chi connectivity index (χ4v) is 3.08. The molecule has 1 N–H and O–H groups in total. The average molecular weight is 385 g/mol. The number of para-hydroxylation sites is 1. The number of ether oxygens (including phenoxy) is 2. The van der Waals surface area contributed by atoms with Crippen LogP contribution >= 0.6 is 0 Å². The Labute approximate surface area is 153 Å². The lowest BCUT2D eigenvalue weighted by molar-refractivity contribution is -0.274. The maximum atomic E-state index is 12.8. The molecule has 0 saturated carbocycles. The van der Waals surface area contributed by atoms with Crippen LogP contribution in [0.2, 0.25) is 0 Å². The van der Waals surface area contributed by atoms with Crippen LogP contribution in [0.15, 0.2) is 42.5 Å². The van der Waals surface area contributed by atoms with Gasteiger partial charge >= 0.3 is 6.36 Å². The number of halogens is 4. The van der Waals surface area contributed by atoms with E-state index in [1.807, 2.05) is 11.8 Å². The predicted molar refractivity (Wildman–Crippen MR) is 92.8 cm³/mol. The highest BCUT2D eigenvalue weighted by atomic mass is 19.4. The van der Waals surface area contributed by atoms with Crippen molar-refractivity contribution in [3.63, 3.8) is 0 Å². The second-order valence-corrected chi connectivity index (χ2v) is 6.35. The van der Waals surface area contributed by atoms with Crippen LogP contribution in [-0.4, -0.2) is 43.4 Å². The van der Waals surface area contributed by atoms with Crippen LogP contribution in [-0.2, 0) is 0 Å². The minimum atomic E-state index is -4.78. The van der Waals surface area contributed by atoms with Gasteiger partial charge in [-0.2, -0.15) is 0 Å². The zero-order valence-corrected chi connectivity index (χ0v) is 14.5. The second kappa shape index (κ2) is 7.64. The third-order valence-electron chi connectivity index (χ3n) is 4.27. The molecule has 2 atom stereocenters. The molecule has 0 saturated heterocycles. The third-order valence-corrected chi connectivity index (χ3v) is 4.27. The van der Waals surface area contributed by atoms with E-state index in [1.54, 1.807) is 24.3 Å². The highest BCUT2D eigenvalue weighted by molar-refractivity contribution is 5.80. The van der Waals surface area contributed by atoms with Crippen molar-refractivity contribution in [2.45, 2.75) is 25.4 Å². The first-order valence-electron chi connectivity index (χ1n) is 8.41. The molecule has 0 fully saturated rings. The van der Waals surface area contributed by atoms with Gasteiger partial charge in [0.05, 0.1) is 17.8 Å². The van der Waals surface area contributed by atoms with E-state index >= 15 is 0 Å². The summed E-state index contributed by atoms with van der Waals surface area (Å²) < 4.78 is 60.0. The highest BCUT2D eigenvalue weighted by Crippen LogP contribution is 2.42. The van der Waals surface area contributed by atoms with E-state index < -0.39 is 19.1 Å². The van der Waals surface area contributed by atoms with Crippen molar-refractivity contribution in [3.05, 3.63) is 42.5 Å². The minimum absolute atomic E-state index is 0.0890. The Balaban J connectivity index is 1.98. The second-order valence-electron chi connectivity index (χ2n) is 6.35. The maximum absolute atomic E-state index is 12.8. The summed E-state index contributed by atoms with van der Waals surface area (Å²) in [5.74, 6) is 0.150. The summed E-state index contributed by atoms with van der Waals surface area (Å²) in [5, 5.41) is 9.70. The van der Waals surface area contributed by atoms with Gasteiger partial charge in [0.25, 0.3) is 0 Å². The molecule has 1 aliphatic heterocycles. The Morgan fingerprint density at radius 2 is 2.00 bits per heavy atom. The van der Waals surface area contributed by atoms with Crippen LogP contribution in [0.5, 0.6) is 11.5 Å². The molecule has 2 aromatic rings. The molecule has 8 heteroatoms. The van der Waals surface area contributed by atoms with Gasteiger partial charge in [-0.05, 0) is 30.7 Å². The van der Waals surface area contributed by atoms with Gasteiger partial charge in [0, 0.05) is 12.1 Å². The number of benzene rings is 2. The molecule has 0 bridgehead atoms. The summed E-state index contributed by atoms with van der Waals surface area (Å²) in [4.78, 5) is 1.84. The monoisotopic (exact) mass is 385 g/mol. The number of alkyl halides is 4. The lowest BCUT2D eigenvalue weighted by Crippen LogP contribution is -2.45. The number of fused-ring (bicyclic) bond motifs is 1. The molecule has 0 aliphatic carbocycles. The van der Waals surface area contributed by atoms with Crippen LogP contribution in [0.4, 0.5) is 23.2 Å².